The molecule has 0 fully saturated rings. The van der Waals surface area contributed by atoms with Crippen LogP contribution in [0.25, 0.3) is 0 Å². The second kappa shape index (κ2) is 29.2. The van der Waals surface area contributed by atoms with Crippen molar-refractivity contribution in [2.45, 2.75) is 55.4 Å². The van der Waals surface area contributed by atoms with Crippen LogP contribution in [0, 0.1) is 25.7 Å². The number of aldehydes is 1. The van der Waals surface area contributed by atoms with Crippen molar-refractivity contribution in [3.8, 4) is 0 Å². The fourth-order valence-electron chi connectivity index (χ4n) is 0.637. The number of carbonyl (C=O) groups is 3. The van der Waals surface area contributed by atoms with Crippen molar-refractivity contribution in [3.05, 3.63) is 35.4 Å². The predicted molar refractivity (Wildman–Crippen MR) is 113 cm³/mol. The largest absolute Gasteiger partial charge is 0.503 e. The Labute approximate surface area is 169 Å². The van der Waals surface area contributed by atoms with Gasteiger partial charge in [-0.1, -0.05) is 76.9 Å². The fourth-order valence-corrected chi connectivity index (χ4v) is 0.637. The summed E-state index contributed by atoms with van der Waals surface area (Å²) < 4.78 is 0. The van der Waals surface area contributed by atoms with Gasteiger partial charge in [-0.05, 0) is 25.7 Å². The van der Waals surface area contributed by atoms with E-state index >= 15 is 0 Å². The van der Waals surface area contributed by atoms with Crippen LogP contribution >= 0.6 is 0 Å². The molecule has 0 spiro atoms. The highest BCUT2D eigenvalue weighted by atomic mass is 16.6. The number of aryl methyl sites for hydroxylation is 2. The van der Waals surface area contributed by atoms with Gasteiger partial charge in [0.1, 0.15) is 6.29 Å². The Kier molecular flexibility index (Phi) is 37.8. The summed E-state index contributed by atoms with van der Waals surface area (Å²) in [5.74, 6) is 1.67. The molecule has 1 aromatic carbocycles. The van der Waals surface area contributed by atoms with Crippen LogP contribution in [0.15, 0.2) is 24.3 Å². The molecular formula is C20H39NO7. The van der Waals surface area contributed by atoms with Gasteiger partial charge in [0.2, 0.25) is 0 Å². The molecule has 6 N–H and O–H groups in total. The zero-order chi connectivity index (χ0) is 23.7. The monoisotopic (exact) mass is 405 g/mol. The molecule has 166 valence electrons. The van der Waals surface area contributed by atoms with Crippen LogP contribution in [0.5, 0.6) is 0 Å². The van der Waals surface area contributed by atoms with Crippen molar-refractivity contribution in [3.63, 3.8) is 0 Å². The second-order valence-corrected chi connectivity index (χ2v) is 6.59. The number of nitrogens with two attached hydrogens (primary N) is 1. The molecule has 8 heteroatoms. The minimum atomic E-state index is -1.83. The number of hydrogen-bond donors (Lipinski definition) is 5. The topological polar surface area (TPSA) is 158 Å². The first-order valence-corrected chi connectivity index (χ1v) is 8.64. The number of carboxylic acid groups (broad SMARTS) is 4. The molecule has 0 aromatic heterocycles. The van der Waals surface area contributed by atoms with Crippen LogP contribution < -0.4 is 5.73 Å². The Morgan fingerprint density at radius 2 is 0.893 bits per heavy atom. The van der Waals surface area contributed by atoms with E-state index in [0.717, 1.165) is 11.8 Å². The molecule has 0 bridgehead atoms. The van der Waals surface area contributed by atoms with Crippen LogP contribution in [-0.4, -0.2) is 45.6 Å². The molecule has 28 heavy (non-hydrogen) atoms. The Bertz CT molecular complexity index is 406. The molecule has 0 saturated heterocycles. The van der Waals surface area contributed by atoms with E-state index in [-0.39, 0.29) is 6.54 Å². The van der Waals surface area contributed by atoms with Crippen LogP contribution in [0.4, 0.5) is 9.59 Å². The first-order chi connectivity index (χ1) is 12.6. The van der Waals surface area contributed by atoms with Crippen molar-refractivity contribution in [1.82, 2.24) is 0 Å². The third-order valence-electron chi connectivity index (χ3n) is 1.31. The summed E-state index contributed by atoms with van der Waals surface area (Å²) in [4.78, 5) is 26.2. The zero-order valence-electron chi connectivity index (χ0n) is 18.3. The van der Waals surface area contributed by atoms with Crippen molar-refractivity contribution < 1.29 is 34.8 Å². The second-order valence-electron chi connectivity index (χ2n) is 6.59. The highest BCUT2D eigenvalue weighted by molar-refractivity contribution is 5.53. The quantitative estimate of drug-likeness (QED) is 0.398. The van der Waals surface area contributed by atoms with E-state index in [4.69, 9.17) is 34.8 Å². The minimum Gasteiger partial charge on any atom is -0.450 e. The zero-order valence-corrected chi connectivity index (χ0v) is 18.3. The van der Waals surface area contributed by atoms with Gasteiger partial charge < -0.3 is 31.0 Å². The third kappa shape index (κ3) is 167. The van der Waals surface area contributed by atoms with E-state index in [1.54, 1.807) is 0 Å². The maximum Gasteiger partial charge on any atom is 0.503 e. The first kappa shape index (κ1) is 36.3. The van der Waals surface area contributed by atoms with Gasteiger partial charge in [0.05, 0.1) is 0 Å². The van der Waals surface area contributed by atoms with Gasteiger partial charge in [-0.15, -0.1) is 0 Å². The smallest absolute Gasteiger partial charge is 0.450 e. The van der Waals surface area contributed by atoms with E-state index in [1.807, 2.05) is 0 Å². The van der Waals surface area contributed by atoms with Crippen LogP contribution in [-0.2, 0) is 4.79 Å². The Morgan fingerprint density at radius 3 is 0.964 bits per heavy atom. The maximum absolute atomic E-state index is 9.05. The van der Waals surface area contributed by atoms with E-state index < -0.39 is 12.3 Å². The summed E-state index contributed by atoms with van der Waals surface area (Å²) in [5.41, 5.74) is 7.32. The summed E-state index contributed by atoms with van der Waals surface area (Å²) in [5, 5.41) is 27.9. The summed E-state index contributed by atoms with van der Waals surface area (Å²) in [6.07, 6.45) is -3.01. The Balaban J connectivity index is -0.0000000786. The van der Waals surface area contributed by atoms with Gasteiger partial charge in [0.25, 0.3) is 0 Å². The molecule has 0 saturated carbocycles. The normalized spacial score (nSPS) is 7.82. The summed E-state index contributed by atoms with van der Waals surface area (Å²) >= 11 is 0. The summed E-state index contributed by atoms with van der Waals surface area (Å²) in [6, 6.07) is 8.48. The lowest BCUT2D eigenvalue weighted by Crippen LogP contribution is -1.97. The molecule has 0 unspecified atom stereocenters. The van der Waals surface area contributed by atoms with Crippen LogP contribution in [0.1, 0.15) is 52.7 Å². The molecule has 0 atom stereocenters. The van der Waals surface area contributed by atoms with E-state index in [9.17, 15) is 0 Å². The molecule has 0 heterocycles. The SMILES string of the molecule is CC(C)C.CC(C)C.Cc1ccc(C)cc1.NCC=O.O=C(O)O.O=C(O)O. The molecule has 8 nitrogen and oxygen atoms in total. The van der Waals surface area contributed by atoms with Crippen LogP contribution in [0.3, 0.4) is 0 Å². The van der Waals surface area contributed by atoms with E-state index in [2.05, 4.69) is 85.4 Å². The fraction of sp³-hybridized carbons (Fsp3) is 0.550. The van der Waals surface area contributed by atoms with Gasteiger partial charge in [0, 0.05) is 6.54 Å². The molecule has 0 aliphatic rings. The highest BCUT2D eigenvalue weighted by Crippen LogP contribution is 1.99. The molecule has 0 amide bonds. The van der Waals surface area contributed by atoms with Gasteiger partial charge in [-0.25, -0.2) is 9.59 Å². The lowest BCUT2D eigenvalue weighted by Gasteiger charge is -1.90. The number of hydrogen-bond acceptors (Lipinski definition) is 4. The average molecular weight is 406 g/mol. The predicted octanol–water partition coefficient (Wildman–Crippen LogP) is 5.22. The lowest BCUT2D eigenvalue weighted by molar-refractivity contribution is -0.106. The molecule has 1 rings (SSSR count). The Hall–Kier alpha value is -2.61. The van der Waals surface area contributed by atoms with Crippen molar-refractivity contribution in [1.29, 1.82) is 0 Å². The first-order valence-electron chi connectivity index (χ1n) is 8.64. The molecular weight excluding hydrogens is 366 g/mol. The van der Waals surface area contributed by atoms with E-state index in [0.29, 0.717) is 6.29 Å². The molecule has 0 aliphatic carbocycles. The highest BCUT2D eigenvalue weighted by Gasteiger charge is 1.79. The number of carbonyl (C=O) groups excluding carboxylic acids is 1. The standard InChI is InChI=1S/C8H10.2C4H10.C2H5NO.2CH2O3/c1-7-3-5-8(2)6-4-7;2*1-4(2)3;3-1-2-4;2*2-1(3)4/h3-6H,1-2H3;2*4H,1-3H3;2H,1,3H2;2*(H2,2,3,4). The third-order valence-corrected chi connectivity index (χ3v) is 1.31. The minimum absolute atomic E-state index is 0.139. The lowest BCUT2D eigenvalue weighted by atomic mass is 10.2. The molecule has 1 aromatic rings. The summed E-state index contributed by atoms with van der Waals surface area (Å²) in [7, 11) is 0. The number of rotatable bonds is 1. The van der Waals surface area contributed by atoms with Crippen molar-refractivity contribution >= 4 is 18.6 Å². The van der Waals surface area contributed by atoms with Gasteiger partial charge in [0.15, 0.2) is 0 Å². The van der Waals surface area contributed by atoms with E-state index in [1.165, 1.54) is 11.1 Å². The molecule has 0 radical (unpaired) electrons. The van der Waals surface area contributed by atoms with Crippen LogP contribution in [0.2, 0.25) is 0 Å². The van der Waals surface area contributed by atoms with Gasteiger partial charge >= 0.3 is 12.3 Å². The Morgan fingerprint density at radius 1 is 0.786 bits per heavy atom. The maximum atomic E-state index is 9.05. The van der Waals surface area contributed by atoms with Gasteiger partial charge in [-0.3, -0.25) is 0 Å². The average Bonchev–Trinajstić information content (AvgIpc) is 2.48. The summed E-state index contributed by atoms with van der Waals surface area (Å²) in [6.45, 7) is 17.3. The van der Waals surface area contributed by atoms with Gasteiger partial charge in [-0.2, -0.15) is 0 Å². The molecule has 0 aliphatic heterocycles. The van der Waals surface area contributed by atoms with Crippen molar-refractivity contribution in [2.75, 3.05) is 6.54 Å². The van der Waals surface area contributed by atoms with Crippen molar-refractivity contribution in [2.24, 2.45) is 17.6 Å². The number of benzene rings is 1.